The molecule has 1 atom stereocenters. The zero-order chi connectivity index (χ0) is 24.1. The Labute approximate surface area is 202 Å². The molecule has 2 aliphatic rings. The van der Waals surface area contributed by atoms with Crippen LogP contribution in [0.2, 0.25) is 0 Å². The predicted molar refractivity (Wildman–Crippen MR) is 132 cm³/mol. The lowest BCUT2D eigenvalue weighted by atomic mass is 9.73. The van der Waals surface area contributed by atoms with Crippen molar-refractivity contribution in [1.82, 2.24) is 9.80 Å². The van der Waals surface area contributed by atoms with E-state index in [9.17, 15) is 9.59 Å². The van der Waals surface area contributed by atoms with Crippen molar-refractivity contribution < 1.29 is 19.1 Å². The number of hydrogen-bond acceptors (Lipinski definition) is 4. The molecular formula is C28H36N2O4. The lowest BCUT2D eigenvalue weighted by molar-refractivity contribution is -0.138. The van der Waals surface area contributed by atoms with Crippen LogP contribution in [0.3, 0.4) is 0 Å². The van der Waals surface area contributed by atoms with Gasteiger partial charge in [0.1, 0.15) is 11.5 Å². The summed E-state index contributed by atoms with van der Waals surface area (Å²) in [7, 11) is 3.50. The summed E-state index contributed by atoms with van der Waals surface area (Å²) in [4.78, 5) is 30.0. The van der Waals surface area contributed by atoms with Gasteiger partial charge in [0.25, 0.3) is 11.8 Å². The van der Waals surface area contributed by atoms with Gasteiger partial charge in [0.05, 0.1) is 7.11 Å². The largest absolute Gasteiger partial charge is 0.497 e. The molecule has 0 N–H and O–H groups in total. The number of piperidine rings is 1. The minimum atomic E-state index is -0.530. The van der Waals surface area contributed by atoms with Crippen LogP contribution in [-0.2, 0) is 11.2 Å². The number of carbonyl (C=O) groups excluding carboxylic acids is 2. The van der Waals surface area contributed by atoms with E-state index in [1.165, 1.54) is 0 Å². The van der Waals surface area contributed by atoms with E-state index in [2.05, 4.69) is 6.07 Å². The molecule has 2 aromatic rings. The van der Waals surface area contributed by atoms with Gasteiger partial charge in [-0.2, -0.15) is 0 Å². The number of ether oxygens (including phenoxy) is 2. The van der Waals surface area contributed by atoms with E-state index in [1.807, 2.05) is 60.2 Å². The first-order valence-electron chi connectivity index (χ1n) is 12.3. The maximum absolute atomic E-state index is 13.1. The molecule has 0 unspecified atom stereocenters. The quantitative estimate of drug-likeness (QED) is 0.653. The Hall–Kier alpha value is -3.02. The number of nitrogens with zero attached hydrogens (tertiary/aromatic N) is 2. The Morgan fingerprint density at radius 2 is 1.82 bits per heavy atom. The second-order valence-corrected chi connectivity index (χ2v) is 9.79. The third-order valence-corrected chi connectivity index (χ3v) is 7.40. The minimum absolute atomic E-state index is 0.00429. The average molecular weight is 465 g/mol. The second kappa shape index (κ2) is 10.5. The normalized spacial score (nSPS) is 21.1. The number of amides is 2. The van der Waals surface area contributed by atoms with Crippen LogP contribution in [0.25, 0.3) is 0 Å². The smallest absolute Gasteiger partial charge is 0.263 e. The summed E-state index contributed by atoms with van der Waals surface area (Å²) in [6.45, 7) is 3.94. The topological polar surface area (TPSA) is 59.1 Å². The first-order chi connectivity index (χ1) is 16.4. The Kier molecular flexibility index (Phi) is 7.44. The number of hydrogen-bond donors (Lipinski definition) is 0. The summed E-state index contributed by atoms with van der Waals surface area (Å²) < 4.78 is 11.4. The number of aryl methyl sites for hydroxylation is 1. The average Bonchev–Trinajstić information content (AvgIpc) is 2.86. The number of rotatable bonds is 2. The SMILES string of the molecule is COc1cccc(C(=O)N2CCC3(CCCCc4ccccc4O[C@H](C)C(=O)N(C)C3)CC2)c1. The van der Waals surface area contributed by atoms with Gasteiger partial charge < -0.3 is 19.3 Å². The highest BCUT2D eigenvalue weighted by Gasteiger charge is 2.38. The van der Waals surface area contributed by atoms with Gasteiger partial charge in [0, 0.05) is 32.2 Å². The number of methoxy groups -OCH3 is 1. The van der Waals surface area contributed by atoms with Crippen molar-refractivity contribution in [3.8, 4) is 11.5 Å². The van der Waals surface area contributed by atoms with Crippen molar-refractivity contribution in [2.75, 3.05) is 33.8 Å². The van der Waals surface area contributed by atoms with Crippen molar-refractivity contribution in [2.24, 2.45) is 5.41 Å². The first-order valence-corrected chi connectivity index (χ1v) is 12.3. The standard InChI is InChI=1S/C28H36N2O4/c1-21-26(31)29(2)20-28(14-7-6-10-22-9-4-5-13-25(22)34-21)15-17-30(18-16-28)27(32)23-11-8-12-24(19-23)33-3/h4-5,8-9,11-13,19,21H,6-7,10,14-18,20H2,1-3H3/t21-/m1/s1. The van der Waals surface area contributed by atoms with Crippen LogP contribution >= 0.6 is 0 Å². The Morgan fingerprint density at radius 3 is 2.59 bits per heavy atom. The van der Waals surface area contributed by atoms with Gasteiger partial charge in [-0.15, -0.1) is 0 Å². The fourth-order valence-corrected chi connectivity index (χ4v) is 5.38. The molecule has 2 aromatic carbocycles. The fraction of sp³-hybridized carbons (Fsp3) is 0.500. The molecule has 0 radical (unpaired) electrons. The van der Waals surface area contributed by atoms with Crippen molar-refractivity contribution in [1.29, 1.82) is 0 Å². The molecule has 1 saturated heterocycles. The second-order valence-electron chi connectivity index (χ2n) is 9.79. The Balaban J connectivity index is 1.47. The molecule has 2 aliphatic heterocycles. The van der Waals surface area contributed by atoms with Gasteiger partial charge in [-0.3, -0.25) is 9.59 Å². The van der Waals surface area contributed by atoms with E-state index in [4.69, 9.17) is 9.47 Å². The molecule has 6 heteroatoms. The molecule has 6 nitrogen and oxygen atoms in total. The molecule has 182 valence electrons. The molecule has 1 spiro atoms. The van der Waals surface area contributed by atoms with Crippen molar-refractivity contribution >= 4 is 11.8 Å². The van der Waals surface area contributed by atoms with Crippen molar-refractivity contribution in [2.45, 2.75) is 51.6 Å². The van der Waals surface area contributed by atoms with Gasteiger partial charge in [-0.1, -0.05) is 30.7 Å². The zero-order valence-electron chi connectivity index (χ0n) is 20.6. The zero-order valence-corrected chi connectivity index (χ0v) is 20.6. The van der Waals surface area contributed by atoms with Crippen molar-refractivity contribution in [3.63, 3.8) is 0 Å². The van der Waals surface area contributed by atoms with Crippen molar-refractivity contribution in [3.05, 3.63) is 59.7 Å². The summed E-state index contributed by atoms with van der Waals surface area (Å²) in [5, 5.41) is 0. The predicted octanol–water partition coefficient (Wildman–Crippen LogP) is 4.57. The van der Waals surface area contributed by atoms with Crippen LogP contribution in [0.5, 0.6) is 11.5 Å². The van der Waals surface area contributed by atoms with E-state index < -0.39 is 6.10 Å². The minimum Gasteiger partial charge on any atom is -0.497 e. The van der Waals surface area contributed by atoms with Gasteiger partial charge in [0.2, 0.25) is 0 Å². The Morgan fingerprint density at radius 1 is 1.06 bits per heavy atom. The number of likely N-dealkylation sites (tertiary alicyclic amines) is 1. The number of fused-ring (bicyclic) bond motifs is 1. The summed E-state index contributed by atoms with van der Waals surface area (Å²) in [5.41, 5.74) is 1.85. The van der Waals surface area contributed by atoms with Gasteiger partial charge in [-0.25, -0.2) is 0 Å². The number of benzene rings is 2. The summed E-state index contributed by atoms with van der Waals surface area (Å²) in [6, 6.07) is 15.4. The van der Waals surface area contributed by atoms with Crippen LogP contribution in [0.4, 0.5) is 0 Å². The molecule has 34 heavy (non-hydrogen) atoms. The number of para-hydroxylation sites is 1. The maximum Gasteiger partial charge on any atom is 0.263 e. The molecule has 2 heterocycles. The highest BCUT2D eigenvalue weighted by Crippen LogP contribution is 2.39. The van der Waals surface area contributed by atoms with Gasteiger partial charge in [0.15, 0.2) is 6.10 Å². The molecule has 0 aliphatic carbocycles. The molecular weight excluding hydrogens is 428 g/mol. The summed E-state index contributed by atoms with van der Waals surface area (Å²) in [6.07, 6.45) is 5.44. The third kappa shape index (κ3) is 5.37. The molecule has 4 rings (SSSR count). The van der Waals surface area contributed by atoms with Gasteiger partial charge >= 0.3 is 0 Å². The summed E-state index contributed by atoms with van der Waals surface area (Å²) >= 11 is 0. The fourth-order valence-electron chi connectivity index (χ4n) is 5.38. The monoisotopic (exact) mass is 464 g/mol. The maximum atomic E-state index is 13.1. The number of carbonyl (C=O) groups is 2. The van der Waals surface area contributed by atoms with Crippen LogP contribution in [0.15, 0.2) is 48.5 Å². The first kappa shape index (κ1) is 24.1. The van der Waals surface area contributed by atoms with Gasteiger partial charge in [-0.05, 0) is 74.3 Å². The molecule has 0 aromatic heterocycles. The van der Waals surface area contributed by atoms with E-state index in [0.717, 1.165) is 49.8 Å². The number of likely N-dealkylation sites (N-methyl/N-ethyl adjacent to an activating group) is 1. The lowest BCUT2D eigenvalue weighted by Crippen LogP contribution is -2.50. The molecule has 0 bridgehead atoms. The van der Waals surface area contributed by atoms with Crippen LogP contribution in [0.1, 0.15) is 54.9 Å². The van der Waals surface area contributed by atoms with E-state index in [1.54, 1.807) is 13.2 Å². The lowest BCUT2D eigenvalue weighted by Gasteiger charge is -2.44. The van der Waals surface area contributed by atoms with E-state index in [0.29, 0.717) is 30.9 Å². The third-order valence-electron chi connectivity index (χ3n) is 7.40. The summed E-state index contributed by atoms with van der Waals surface area (Å²) in [5.74, 6) is 1.56. The van der Waals surface area contributed by atoms with E-state index in [-0.39, 0.29) is 17.2 Å². The molecule has 2 amide bonds. The highest BCUT2D eigenvalue weighted by atomic mass is 16.5. The van der Waals surface area contributed by atoms with E-state index >= 15 is 0 Å². The van der Waals surface area contributed by atoms with Crippen LogP contribution in [-0.4, -0.2) is 61.5 Å². The molecule has 1 fully saturated rings. The molecule has 0 saturated carbocycles. The highest BCUT2D eigenvalue weighted by molar-refractivity contribution is 5.94. The van der Waals surface area contributed by atoms with Crippen LogP contribution < -0.4 is 9.47 Å². The Bertz CT molecular complexity index is 1010. The van der Waals surface area contributed by atoms with Crippen LogP contribution in [0, 0.1) is 5.41 Å².